The Bertz CT molecular complexity index is 656. The summed E-state index contributed by atoms with van der Waals surface area (Å²) in [5, 5.41) is 0. The molecule has 0 atom stereocenters. The van der Waals surface area contributed by atoms with Crippen LogP contribution in [0, 0.1) is 6.92 Å². The highest BCUT2D eigenvalue weighted by atomic mass is 17.0. The number of benzene rings is 1. The molecule has 0 fully saturated rings. The minimum atomic E-state index is -0.812. The van der Waals surface area contributed by atoms with Crippen LogP contribution in [0.15, 0.2) is 33.4 Å². The van der Waals surface area contributed by atoms with Crippen LogP contribution in [0.4, 0.5) is 0 Å². The fraction of sp³-hybridized carbons (Fsp3) is 0.333. The molecule has 21 heavy (non-hydrogen) atoms. The molecule has 0 aliphatic heterocycles. The van der Waals surface area contributed by atoms with Crippen LogP contribution < -0.4 is 4.74 Å². The topological polar surface area (TPSA) is 78.9 Å². The average Bonchev–Trinajstić information content (AvgIpc) is 2.23. The zero-order chi connectivity index (χ0) is 15.6. The van der Waals surface area contributed by atoms with E-state index in [0.717, 1.165) is 5.56 Å². The third-order valence-corrected chi connectivity index (χ3v) is 2.38. The molecule has 1 heterocycles. The lowest BCUT2D eigenvalue weighted by molar-refractivity contribution is -0.0507. The molecule has 6 nitrogen and oxygen atoms in total. The molecule has 2 aromatic rings. The van der Waals surface area contributed by atoms with Gasteiger partial charge in [-0.3, -0.25) is 9.15 Å². The van der Waals surface area contributed by atoms with Crippen molar-refractivity contribution in [2.75, 3.05) is 0 Å². The first kappa shape index (κ1) is 14.9. The molecule has 0 N–H and O–H groups in total. The van der Waals surface area contributed by atoms with Crippen molar-refractivity contribution in [1.29, 1.82) is 0 Å². The maximum Gasteiger partial charge on any atom is 0.388 e. The zero-order valence-electron chi connectivity index (χ0n) is 12.3. The van der Waals surface area contributed by atoms with Crippen LogP contribution in [-0.2, 0) is 4.74 Å². The van der Waals surface area contributed by atoms with Crippen LogP contribution in [0.3, 0.4) is 0 Å². The number of hydrogen-bond donors (Lipinski definition) is 0. The Labute approximate surface area is 121 Å². The van der Waals surface area contributed by atoms with Crippen molar-refractivity contribution in [3.05, 3.63) is 41.3 Å². The van der Waals surface area contributed by atoms with Crippen LogP contribution in [0.25, 0.3) is 0 Å². The van der Waals surface area contributed by atoms with E-state index in [2.05, 4.69) is 9.15 Å². The Morgan fingerprint density at radius 2 is 1.67 bits per heavy atom. The molecule has 1 aromatic carbocycles. The van der Waals surface area contributed by atoms with Crippen LogP contribution in [0.1, 0.15) is 47.4 Å². The maximum atomic E-state index is 11.9. The van der Waals surface area contributed by atoms with Crippen molar-refractivity contribution in [2.24, 2.45) is 0 Å². The SMILES string of the molecule is Cc1cccc(OC(=O)c2ooc2C(=O)OC(C)(C)C)c1. The largest absolute Gasteiger partial charge is 0.454 e. The van der Waals surface area contributed by atoms with Crippen molar-refractivity contribution in [2.45, 2.75) is 33.3 Å². The fourth-order valence-electron chi connectivity index (χ4n) is 1.54. The molecular weight excluding hydrogens is 276 g/mol. The average molecular weight is 292 g/mol. The number of ether oxygens (including phenoxy) is 2. The molecule has 0 spiro atoms. The van der Waals surface area contributed by atoms with E-state index in [-0.39, 0.29) is 11.5 Å². The van der Waals surface area contributed by atoms with Gasteiger partial charge in [-0.2, -0.15) is 0 Å². The normalized spacial score (nSPS) is 11.2. The number of carbonyl (C=O) groups excluding carboxylic acids is 2. The quantitative estimate of drug-likeness (QED) is 0.490. The van der Waals surface area contributed by atoms with E-state index in [1.165, 1.54) is 0 Å². The highest BCUT2D eigenvalue weighted by molar-refractivity contribution is 6.00. The third kappa shape index (κ3) is 3.75. The van der Waals surface area contributed by atoms with Gasteiger partial charge in [0.25, 0.3) is 0 Å². The highest BCUT2D eigenvalue weighted by Crippen LogP contribution is 2.21. The van der Waals surface area contributed by atoms with E-state index in [1.54, 1.807) is 39.0 Å². The van der Waals surface area contributed by atoms with Gasteiger partial charge < -0.3 is 9.47 Å². The molecule has 112 valence electrons. The standard InChI is InChI=1S/C15H16O6/c1-9-6-5-7-10(8-9)18-13(16)11-12(21-20-11)14(17)19-15(2,3)4/h5-8H,1-4H3. The first-order valence-corrected chi connectivity index (χ1v) is 6.37. The van der Waals surface area contributed by atoms with Gasteiger partial charge in [0.05, 0.1) is 0 Å². The molecule has 0 aliphatic rings. The highest BCUT2D eigenvalue weighted by Gasteiger charge is 2.34. The van der Waals surface area contributed by atoms with E-state index in [1.807, 2.05) is 13.0 Å². The van der Waals surface area contributed by atoms with Crippen molar-refractivity contribution < 1.29 is 28.2 Å². The molecule has 0 amide bonds. The lowest BCUT2D eigenvalue weighted by Crippen LogP contribution is -2.26. The Hall–Kier alpha value is -2.50. The molecule has 0 radical (unpaired) electrons. The fourth-order valence-corrected chi connectivity index (χ4v) is 1.54. The Kier molecular flexibility index (Phi) is 3.88. The number of rotatable bonds is 3. The van der Waals surface area contributed by atoms with Gasteiger partial charge in [-0.25, -0.2) is 9.59 Å². The third-order valence-electron chi connectivity index (χ3n) is 2.38. The van der Waals surface area contributed by atoms with Gasteiger partial charge in [-0.15, -0.1) is 0 Å². The number of carbonyl (C=O) groups is 2. The predicted octanol–water partition coefficient (Wildman–Crippen LogP) is 3.36. The molecule has 0 saturated heterocycles. The van der Waals surface area contributed by atoms with Crippen molar-refractivity contribution in [3.8, 4) is 5.75 Å². The van der Waals surface area contributed by atoms with Crippen LogP contribution in [0.2, 0.25) is 0 Å². The first-order chi connectivity index (χ1) is 9.76. The molecule has 0 saturated carbocycles. The lowest BCUT2D eigenvalue weighted by Gasteiger charge is -2.19. The second-order valence-corrected chi connectivity index (χ2v) is 5.53. The summed E-state index contributed by atoms with van der Waals surface area (Å²) in [5.41, 5.74) is 0.238. The Morgan fingerprint density at radius 3 is 2.19 bits per heavy atom. The molecule has 2 rings (SSSR count). The molecular formula is C15H16O6. The van der Waals surface area contributed by atoms with E-state index in [0.29, 0.717) is 5.75 Å². The predicted molar refractivity (Wildman–Crippen MR) is 72.3 cm³/mol. The second-order valence-electron chi connectivity index (χ2n) is 5.53. The van der Waals surface area contributed by atoms with Gasteiger partial charge in [0.2, 0.25) is 0 Å². The summed E-state index contributed by atoms with van der Waals surface area (Å²) in [5.74, 6) is -1.82. The van der Waals surface area contributed by atoms with Crippen LogP contribution >= 0.6 is 0 Å². The van der Waals surface area contributed by atoms with Gasteiger partial charge in [-0.05, 0) is 45.4 Å². The number of esters is 2. The maximum absolute atomic E-state index is 11.9. The van der Waals surface area contributed by atoms with Crippen LogP contribution in [0.5, 0.6) is 5.75 Å². The Morgan fingerprint density at radius 1 is 1.05 bits per heavy atom. The summed E-state index contributed by atoms with van der Waals surface area (Å²) < 4.78 is 19.3. The summed E-state index contributed by atoms with van der Waals surface area (Å²) in [4.78, 5) is 23.7. The molecule has 0 aliphatic carbocycles. The van der Waals surface area contributed by atoms with Gasteiger partial charge in [-0.1, -0.05) is 12.1 Å². The summed E-state index contributed by atoms with van der Waals surface area (Å²) in [6.07, 6.45) is 0. The monoisotopic (exact) mass is 292 g/mol. The van der Waals surface area contributed by atoms with E-state index in [9.17, 15) is 9.59 Å². The number of aryl methyl sites for hydroxylation is 1. The number of hydrogen-bond acceptors (Lipinski definition) is 6. The Balaban J connectivity index is 2.08. The van der Waals surface area contributed by atoms with Gasteiger partial charge in [0.1, 0.15) is 11.4 Å². The van der Waals surface area contributed by atoms with Crippen LogP contribution in [-0.4, -0.2) is 17.5 Å². The second kappa shape index (κ2) is 5.47. The van der Waals surface area contributed by atoms with Crippen molar-refractivity contribution in [3.63, 3.8) is 0 Å². The first-order valence-electron chi connectivity index (χ1n) is 6.37. The summed E-state index contributed by atoms with van der Waals surface area (Å²) >= 11 is 0. The molecule has 0 unspecified atom stereocenters. The molecule has 0 bridgehead atoms. The summed E-state index contributed by atoms with van der Waals surface area (Å²) in [6, 6.07) is 6.92. The summed E-state index contributed by atoms with van der Waals surface area (Å²) in [6.45, 7) is 6.98. The molecule has 6 heteroatoms. The molecule has 1 aromatic heterocycles. The summed E-state index contributed by atoms with van der Waals surface area (Å²) in [7, 11) is 0. The van der Waals surface area contributed by atoms with Crippen molar-refractivity contribution in [1.82, 2.24) is 0 Å². The van der Waals surface area contributed by atoms with Gasteiger partial charge in [0, 0.05) is 0 Å². The lowest BCUT2D eigenvalue weighted by atomic mass is 10.2. The van der Waals surface area contributed by atoms with E-state index >= 15 is 0 Å². The minimum absolute atomic E-state index is 0.289. The van der Waals surface area contributed by atoms with E-state index in [4.69, 9.17) is 9.47 Å². The van der Waals surface area contributed by atoms with Gasteiger partial charge >= 0.3 is 23.5 Å². The zero-order valence-corrected chi connectivity index (χ0v) is 12.3. The van der Waals surface area contributed by atoms with Crippen molar-refractivity contribution >= 4 is 11.9 Å². The minimum Gasteiger partial charge on any atom is -0.454 e. The van der Waals surface area contributed by atoms with E-state index < -0.39 is 17.5 Å². The van der Waals surface area contributed by atoms with Gasteiger partial charge in [0.15, 0.2) is 0 Å². The smallest absolute Gasteiger partial charge is 0.388 e.